The van der Waals surface area contributed by atoms with Gasteiger partial charge in [0.15, 0.2) is 11.5 Å². The molecular formula is C24H28N2O5. The van der Waals surface area contributed by atoms with Gasteiger partial charge in [-0.05, 0) is 42.2 Å². The second-order valence-electron chi connectivity index (χ2n) is 7.76. The Morgan fingerprint density at radius 1 is 1.19 bits per heavy atom. The normalized spacial score (nSPS) is 19.3. The summed E-state index contributed by atoms with van der Waals surface area (Å²) in [5.41, 5.74) is 2.20. The first-order valence-corrected chi connectivity index (χ1v) is 10.7. The van der Waals surface area contributed by atoms with E-state index >= 15 is 0 Å². The van der Waals surface area contributed by atoms with Gasteiger partial charge in [-0.25, -0.2) is 0 Å². The lowest BCUT2D eigenvalue weighted by molar-refractivity contribution is -0.124. The summed E-state index contributed by atoms with van der Waals surface area (Å²) in [5, 5.41) is 3.04. The zero-order valence-electron chi connectivity index (χ0n) is 17.9. The van der Waals surface area contributed by atoms with Gasteiger partial charge in [0.05, 0.1) is 12.0 Å². The molecule has 2 aliphatic rings. The Bertz CT molecular complexity index is 961. The van der Waals surface area contributed by atoms with Crippen LogP contribution in [-0.2, 0) is 9.53 Å². The van der Waals surface area contributed by atoms with Gasteiger partial charge in [0.1, 0.15) is 0 Å². The van der Waals surface area contributed by atoms with Crippen molar-refractivity contribution in [2.24, 2.45) is 0 Å². The SMILES string of the molecule is CCCN1C(=O)c2ccccc2C(C(=O)NCCCOC)C1c1ccc2c(c1)OCO2. The van der Waals surface area contributed by atoms with Gasteiger partial charge in [-0.1, -0.05) is 31.2 Å². The smallest absolute Gasteiger partial charge is 0.254 e. The fraction of sp³-hybridized carbons (Fsp3) is 0.417. The molecule has 31 heavy (non-hydrogen) atoms. The number of amides is 2. The number of nitrogens with one attached hydrogen (secondary N) is 1. The second kappa shape index (κ2) is 9.39. The predicted molar refractivity (Wildman–Crippen MR) is 115 cm³/mol. The molecule has 1 N–H and O–H groups in total. The van der Waals surface area contributed by atoms with E-state index in [4.69, 9.17) is 14.2 Å². The van der Waals surface area contributed by atoms with Crippen LogP contribution in [0.3, 0.4) is 0 Å². The molecule has 4 rings (SSSR count). The van der Waals surface area contributed by atoms with Crippen molar-refractivity contribution in [1.29, 1.82) is 0 Å². The molecular weight excluding hydrogens is 396 g/mol. The summed E-state index contributed by atoms with van der Waals surface area (Å²) >= 11 is 0. The number of hydrogen-bond acceptors (Lipinski definition) is 5. The Morgan fingerprint density at radius 2 is 2.00 bits per heavy atom. The number of nitrogens with zero attached hydrogens (tertiary/aromatic N) is 1. The Balaban J connectivity index is 1.76. The fourth-order valence-corrected chi connectivity index (χ4v) is 4.37. The third-order valence-corrected chi connectivity index (χ3v) is 5.75. The summed E-state index contributed by atoms with van der Waals surface area (Å²) in [4.78, 5) is 28.7. The van der Waals surface area contributed by atoms with E-state index in [0.29, 0.717) is 36.8 Å². The van der Waals surface area contributed by atoms with E-state index < -0.39 is 12.0 Å². The lowest BCUT2D eigenvalue weighted by Crippen LogP contribution is -2.47. The first-order valence-electron chi connectivity index (χ1n) is 10.7. The maximum absolute atomic E-state index is 13.5. The Labute approximate surface area is 182 Å². The molecule has 7 heteroatoms. The summed E-state index contributed by atoms with van der Waals surface area (Å²) in [7, 11) is 1.64. The number of carbonyl (C=O) groups excluding carboxylic acids is 2. The molecule has 7 nitrogen and oxygen atoms in total. The maximum Gasteiger partial charge on any atom is 0.254 e. The highest BCUT2D eigenvalue weighted by molar-refractivity contribution is 6.01. The molecule has 0 radical (unpaired) electrons. The zero-order valence-corrected chi connectivity index (χ0v) is 17.9. The van der Waals surface area contributed by atoms with Crippen LogP contribution < -0.4 is 14.8 Å². The number of hydrogen-bond donors (Lipinski definition) is 1. The fourth-order valence-electron chi connectivity index (χ4n) is 4.37. The number of carbonyl (C=O) groups is 2. The van der Waals surface area contributed by atoms with Crippen molar-refractivity contribution in [2.45, 2.75) is 31.7 Å². The van der Waals surface area contributed by atoms with Gasteiger partial charge in [0.2, 0.25) is 12.7 Å². The van der Waals surface area contributed by atoms with Gasteiger partial charge in [-0.2, -0.15) is 0 Å². The van der Waals surface area contributed by atoms with Gasteiger partial charge in [0, 0.05) is 32.4 Å². The minimum absolute atomic E-state index is 0.0523. The molecule has 0 saturated heterocycles. The monoisotopic (exact) mass is 424 g/mol. The van der Waals surface area contributed by atoms with Gasteiger partial charge >= 0.3 is 0 Å². The summed E-state index contributed by atoms with van der Waals surface area (Å²) in [6, 6.07) is 12.6. The zero-order chi connectivity index (χ0) is 21.8. The summed E-state index contributed by atoms with van der Waals surface area (Å²) < 4.78 is 16.1. The van der Waals surface area contributed by atoms with E-state index in [-0.39, 0.29) is 18.6 Å². The minimum Gasteiger partial charge on any atom is -0.454 e. The quantitative estimate of drug-likeness (QED) is 0.659. The van der Waals surface area contributed by atoms with Crippen LogP contribution in [0.2, 0.25) is 0 Å². The molecule has 0 spiro atoms. The highest BCUT2D eigenvalue weighted by Crippen LogP contribution is 2.45. The van der Waals surface area contributed by atoms with Gasteiger partial charge in [0.25, 0.3) is 5.91 Å². The van der Waals surface area contributed by atoms with Crippen LogP contribution in [0.15, 0.2) is 42.5 Å². The molecule has 0 bridgehead atoms. The third kappa shape index (κ3) is 4.10. The van der Waals surface area contributed by atoms with E-state index in [9.17, 15) is 9.59 Å². The molecule has 2 aromatic rings. The van der Waals surface area contributed by atoms with Crippen molar-refractivity contribution in [3.63, 3.8) is 0 Å². The van der Waals surface area contributed by atoms with E-state index in [0.717, 1.165) is 24.0 Å². The molecule has 2 aliphatic heterocycles. The number of methoxy groups -OCH3 is 1. The number of rotatable bonds is 8. The van der Waals surface area contributed by atoms with Gasteiger partial charge in [-0.3, -0.25) is 9.59 Å². The van der Waals surface area contributed by atoms with Gasteiger partial charge in [-0.15, -0.1) is 0 Å². The van der Waals surface area contributed by atoms with Crippen molar-refractivity contribution < 1.29 is 23.8 Å². The molecule has 2 unspecified atom stereocenters. The van der Waals surface area contributed by atoms with Crippen molar-refractivity contribution in [3.05, 3.63) is 59.2 Å². The van der Waals surface area contributed by atoms with Crippen LogP contribution in [0.25, 0.3) is 0 Å². The number of ether oxygens (including phenoxy) is 3. The molecule has 0 saturated carbocycles. The molecule has 0 aliphatic carbocycles. The standard InChI is InChI=1S/C24H28N2O5/c1-3-12-26-22(16-9-10-19-20(14-16)31-15-30-19)21(23(27)25-11-6-13-29-2)17-7-4-5-8-18(17)24(26)28/h4-5,7-10,14,21-22H,3,6,11-13,15H2,1-2H3,(H,25,27). The summed E-state index contributed by atoms with van der Waals surface area (Å²) in [5.74, 6) is 0.639. The Hall–Kier alpha value is -3.06. The average Bonchev–Trinajstić information content (AvgIpc) is 3.26. The molecule has 2 heterocycles. The van der Waals surface area contributed by atoms with Gasteiger partial charge < -0.3 is 24.4 Å². The first kappa shape index (κ1) is 21.2. The van der Waals surface area contributed by atoms with E-state index in [2.05, 4.69) is 5.32 Å². The van der Waals surface area contributed by atoms with E-state index in [1.807, 2.05) is 48.2 Å². The molecule has 0 fully saturated rings. The average molecular weight is 424 g/mol. The van der Waals surface area contributed by atoms with Crippen LogP contribution >= 0.6 is 0 Å². The van der Waals surface area contributed by atoms with Crippen LogP contribution in [0.5, 0.6) is 11.5 Å². The number of benzene rings is 2. The minimum atomic E-state index is -0.525. The highest BCUT2D eigenvalue weighted by atomic mass is 16.7. The second-order valence-corrected chi connectivity index (χ2v) is 7.76. The Morgan fingerprint density at radius 3 is 2.81 bits per heavy atom. The molecule has 164 valence electrons. The number of fused-ring (bicyclic) bond motifs is 2. The lowest BCUT2D eigenvalue weighted by Gasteiger charge is -2.41. The van der Waals surface area contributed by atoms with Crippen molar-refractivity contribution in [3.8, 4) is 11.5 Å². The topological polar surface area (TPSA) is 77.1 Å². The van der Waals surface area contributed by atoms with E-state index in [1.165, 1.54) is 0 Å². The Kier molecular flexibility index (Phi) is 6.42. The van der Waals surface area contributed by atoms with Crippen LogP contribution in [0, 0.1) is 0 Å². The molecule has 2 atom stereocenters. The first-order chi connectivity index (χ1) is 15.2. The van der Waals surface area contributed by atoms with Crippen LogP contribution in [-0.4, -0.2) is 50.3 Å². The molecule has 2 amide bonds. The predicted octanol–water partition coefficient (Wildman–Crippen LogP) is 3.26. The largest absolute Gasteiger partial charge is 0.454 e. The molecule has 0 aromatic heterocycles. The van der Waals surface area contributed by atoms with Crippen LogP contribution in [0.1, 0.15) is 53.2 Å². The van der Waals surface area contributed by atoms with Crippen molar-refractivity contribution in [2.75, 3.05) is 33.6 Å². The van der Waals surface area contributed by atoms with Crippen molar-refractivity contribution >= 4 is 11.8 Å². The summed E-state index contributed by atoms with van der Waals surface area (Å²) in [6.45, 7) is 3.85. The maximum atomic E-state index is 13.5. The van der Waals surface area contributed by atoms with Crippen LogP contribution in [0.4, 0.5) is 0 Å². The molecule has 2 aromatic carbocycles. The van der Waals surface area contributed by atoms with Crippen molar-refractivity contribution in [1.82, 2.24) is 10.2 Å². The summed E-state index contributed by atoms with van der Waals surface area (Å²) in [6.07, 6.45) is 1.51. The van der Waals surface area contributed by atoms with E-state index in [1.54, 1.807) is 13.2 Å². The lowest BCUT2D eigenvalue weighted by atomic mass is 9.79. The highest BCUT2D eigenvalue weighted by Gasteiger charge is 2.44. The third-order valence-electron chi connectivity index (χ3n) is 5.75.